The highest BCUT2D eigenvalue weighted by atomic mass is 79.9. The summed E-state index contributed by atoms with van der Waals surface area (Å²) in [6, 6.07) is 5.63. The van der Waals surface area contributed by atoms with Crippen LogP contribution in [0.25, 0.3) is 0 Å². The molecule has 1 atom stereocenters. The third-order valence-electron chi connectivity index (χ3n) is 1.91. The maximum atomic E-state index is 10.6. The van der Waals surface area contributed by atoms with Gasteiger partial charge in [-0.3, -0.25) is 0 Å². The first-order valence-corrected chi connectivity index (χ1v) is 4.77. The fourth-order valence-corrected chi connectivity index (χ4v) is 1.90. The van der Waals surface area contributed by atoms with Crippen LogP contribution in [0.5, 0.6) is 5.75 Å². The van der Waals surface area contributed by atoms with Gasteiger partial charge in [-0.1, -0.05) is 19.1 Å². The Labute approximate surface area is 86.0 Å². The van der Waals surface area contributed by atoms with Gasteiger partial charge in [-0.25, -0.2) is 0 Å². The first-order valence-electron chi connectivity index (χ1n) is 3.98. The van der Waals surface area contributed by atoms with Gasteiger partial charge in [-0.15, -0.1) is 0 Å². The van der Waals surface area contributed by atoms with Crippen LogP contribution in [0.4, 0.5) is 0 Å². The summed E-state index contributed by atoms with van der Waals surface area (Å²) in [5, 5.41) is 0. The van der Waals surface area contributed by atoms with Crippen LogP contribution in [0.1, 0.15) is 18.4 Å². The minimum atomic E-state index is -0.107. The van der Waals surface area contributed by atoms with E-state index >= 15 is 0 Å². The normalized spacial score (nSPS) is 12.2. The van der Waals surface area contributed by atoms with Crippen LogP contribution in [0.2, 0.25) is 0 Å². The van der Waals surface area contributed by atoms with Crippen molar-refractivity contribution in [3.05, 3.63) is 28.2 Å². The largest absolute Gasteiger partial charge is 0.496 e. The fourth-order valence-electron chi connectivity index (χ4n) is 1.11. The van der Waals surface area contributed by atoms with E-state index in [0.29, 0.717) is 0 Å². The van der Waals surface area contributed by atoms with Crippen LogP contribution in [0.15, 0.2) is 22.7 Å². The summed E-state index contributed by atoms with van der Waals surface area (Å²) in [5.41, 5.74) is 0.953. The first-order chi connectivity index (χ1) is 6.20. The van der Waals surface area contributed by atoms with Crippen molar-refractivity contribution in [1.82, 2.24) is 0 Å². The zero-order chi connectivity index (χ0) is 9.84. The molecule has 1 rings (SSSR count). The van der Waals surface area contributed by atoms with Gasteiger partial charge >= 0.3 is 0 Å². The molecular formula is C10H11BrO2. The summed E-state index contributed by atoms with van der Waals surface area (Å²) in [6.07, 6.45) is 0.916. The summed E-state index contributed by atoms with van der Waals surface area (Å²) in [7, 11) is 1.61. The Kier molecular flexibility index (Phi) is 3.48. The van der Waals surface area contributed by atoms with E-state index in [4.69, 9.17) is 4.74 Å². The second-order valence-electron chi connectivity index (χ2n) is 2.79. The van der Waals surface area contributed by atoms with E-state index < -0.39 is 0 Å². The monoisotopic (exact) mass is 242 g/mol. The number of hydrogen-bond acceptors (Lipinski definition) is 2. The van der Waals surface area contributed by atoms with Crippen molar-refractivity contribution in [3.8, 4) is 5.75 Å². The number of rotatable bonds is 3. The lowest BCUT2D eigenvalue weighted by atomic mass is 10.0. The molecule has 0 saturated heterocycles. The third kappa shape index (κ3) is 2.10. The molecule has 0 N–H and O–H groups in total. The van der Waals surface area contributed by atoms with E-state index in [-0.39, 0.29) is 5.92 Å². The van der Waals surface area contributed by atoms with Crippen LogP contribution in [-0.2, 0) is 4.79 Å². The minimum absolute atomic E-state index is 0.107. The summed E-state index contributed by atoms with van der Waals surface area (Å²) in [4.78, 5) is 10.6. The molecule has 0 aliphatic carbocycles. The number of hydrogen-bond donors (Lipinski definition) is 0. The number of halogens is 1. The topological polar surface area (TPSA) is 26.3 Å². The Hall–Kier alpha value is -0.830. The summed E-state index contributed by atoms with van der Waals surface area (Å²) in [5.74, 6) is 0.649. The number of aldehydes is 1. The van der Waals surface area contributed by atoms with Gasteiger partial charge in [-0.2, -0.15) is 0 Å². The van der Waals surface area contributed by atoms with Gasteiger partial charge < -0.3 is 9.53 Å². The van der Waals surface area contributed by atoms with Crippen molar-refractivity contribution in [3.63, 3.8) is 0 Å². The Balaban J connectivity index is 3.14. The SMILES string of the molecule is COc1cccc(C(C)C=O)c1Br. The molecule has 13 heavy (non-hydrogen) atoms. The van der Waals surface area contributed by atoms with Crippen LogP contribution in [-0.4, -0.2) is 13.4 Å². The molecule has 0 aliphatic rings. The molecule has 0 spiro atoms. The zero-order valence-corrected chi connectivity index (χ0v) is 9.17. The molecule has 0 aliphatic heterocycles. The quantitative estimate of drug-likeness (QED) is 0.763. The summed E-state index contributed by atoms with van der Waals surface area (Å²) < 4.78 is 5.98. The molecule has 1 unspecified atom stereocenters. The summed E-state index contributed by atoms with van der Waals surface area (Å²) in [6.45, 7) is 1.85. The van der Waals surface area contributed by atoms with Gasteiger partial charge in [0.15, 0.2) is 0 Å². The predicted molar refractivity (Wildman–Crippen MR) is 55.2 cm³/mol. The second-order valence-corrected chi connectivity index (χ2v) is 3.58. The highest BCUT2D eigenvalue weighted by Gasteiger charge is 2.11. The lowest BCUT2D eigenvalue weighted by Gasteiger charge is -2.10. The smallest absolute Gasteiger partial charge is 0.133 e. The number of ether oxygens (including phenoxy) is 1. The summed E-state index contributed by atoms with van der Waals surface area (Å²) >= 11 is 3.40. The van der Waals surface area contributed by atoms with Crippen LogP contribution < -0.4 is 4.74 Å². The molecule has 0 heterocycles. The first kappa shape index (κ1) is 10.3. The standard InChI is InChI=1S/C10H11BrO2/c1-7(6-12)8-4-3-5-9(13-2)10(8)11/h3-7H,1-2H3. The molecule has 1 aromatic rings. The van der Waals surface area contributed by atoms with Crippen molar-refractivity contribution in [2.45, 2.75) is 12.8 Å². The van der Waals surface area contributed by atoms with Crippen LogP contribution >= 0.6 is 15.9 Å². The zero-order valence-electron chi connectivity index (χ0n) is 7.58. The van der Waals surface area contributed by atoms with Gasteiger partial charge in [0, 0.05) is 5.92 Å². The Morgan fingerprint density at radius 3 is 2.77 bits per heavy atom. The van der Waals surface area contributed by atoms with Gasteiger partial charge in [-0.05, 0) is 27.6 Å². The second kappa shape index (κ2) is 4.42. The molecule has 0 saturated carbocycles. The van der Waals surface area contributed by atoms with Crippen molar-refractivity contribution in [2.75, 3.05) is 7.11 Å². The molecule has 70 valence electrons. The average molecular weight is 243 g/mol. The number of benzene rings is 1. The van der Waals surface area contributed by atoms with E-state index in [9.17, 15) is 4.79 Å². The van der Waals surface area contributed by atoms with Crippen molar-refractivity contribution >= 4 is 22.2 Å². The molecule has 3 heteroatoms. The molecular weight excluding hydrogens is 232 g/mol. The number of carbonyl (C=O) groups is 1. The van der Waals surface area contributed by atoms with E-state index in [0.717, 1.165) is 22.1 Å². The molecule has 1 aromatic carbocycles. The van der Waals surface area contributed by atoms with Gasteiger partial charge in [0.1, 0.15) is 12.0 Å². The van der Waals surface area contributed by atoms with E-state index in [1.807, 2.05) is 25.1 Å². The van der Waals surface area contributed by atoms with Crippen molar-refractivity contribution < 1.29 is 9.53 Å². The van der Waals surface area contributed by atoms with E-state index in [2.05, 4.69) is 15.9 Å². The van der Waals surface area contributed by atoms with Gasteiger partial charge in [0.05, 0.1) is 11.6 Å². The Morgan fingerprint density at radius 2 is 2.23 bits per heavy atom. The predicted octanol–water partition coefficient (Wildman–Crippen LogP) is 2.76. The van der Waals surface area contributed by atoms with Gasteiger partial charge in [0.25, 0.3) is 0 Å². The van der Waals surface area contributed by atoms with E-state index in [1.165, 1.54) is 0 Å². The van der Waals surface area contributed by atoms with Crippen molar-refractivity contribution in [1.29, 1.82) is 0 Å². The van der Waals surface area contributed by atoms with Crippen LogP contribution in [0, 0.1) is 0 Å². The molecule has 0 aromatic heterocycles. The Bertz CT molecular complexity index is 310. The molecule has 0 fully saturated rings. The lowest BCUT2D eigenvalue weighted by Crippen LogP contribution is -1.97. The Morgan fingerprint density at radius 1 is 1.54 bits per heavy atom. The maximum Gasteiger partial charge on any atom is 0.133 e. The lowest BCUT2D eigenvalue weighted by molar-refractivity contribution is -0.108. The van der Waals surface area contributed by atoms with Crippen molar-refractivity contribution in [2.24, 2.45) is 0 Å². The number of carbonyl (C=O) groups excluding carboxylic acids is 1. The average Bonchev–Trinajstić information content (AvgIpc) is 2.17. The van der Waals surface area contributed by atoms with E-state index in [1.54, 1.807) is 7.11 Å². The van der Waals surface area contributed by atoms with Crippen LogP contribution in [0.3, 0.4) is 0 Å². The van der Waals surface area contributed by atoms with Gasteiger partial charge in [0.2, 0.25) is 0 Å². The molecule has 0 bridgehead atoms. The minimum Gasteiger partial charge on any atom is -0.496 e. The third-order valence-corrected chi connectivity index (χ3v) is 2.76. The molecule has 2 nitrogen and oxygen atoms in total. The number of methoxy groups -OCH3 is 1. The molecule has 0 amide bonds. The highest BCUT2D eigenvalue weighted by molar-refractivity contribution is 9.10. The fraction of sp³-hybridized carbons (Fsp3) is 0.300. The maximum absolute atomic E-state index is 10.6. The highest BCUT2D eigenvalue weighted by Crippen LogP contribution is 2.32. The molecule has 0 radical (unpaired) electrons.